The van der Waals surface area contributed by atoms with E-state index in [1.165, 1.54) is 10.7 Å². The molecule has 0 spiro atoms. The van der Waals surface area contributed by atoms with Crippen LogP contribution >= 0.6 is 0 Å². The normalized spacial score (nSPS) is 20.5. The highest BCUT2D eigenvalue weighted by Crippen LogP contribution is 2.27. The lowest BCUT2D eigenvalue weighted by atomic mass is 9.95. The van der Waals surface area contributed by atoms with Crippen LogP contribution in [-0.4, -0.2) is 43.8 Å². The Kier molecular flexibility index (Phi) is 4.77. The van der Waals surface area contributed by atoms with Gasteiger partial charge in [0.25, 0.3) is 5.56 Å². The molecule has 0 amide bonds. The van der Waals surface area contributed by atoms with Crippen LogP contribution in [0.5, 0.6) is 0 Å². The van der Waals surface area contributed by atoms with Gasteiger partial charge in [-0.25, -0.2) is 14.3 Å². The number of rotatable bonds is 4. The standard InChI is InChI=1S/C21H21N7O2/c22-11-15-10-14-4-1-2-5-16(14)24-21(15)25-17-12-30-13-18(17)28-20(29)7-6-19(26-28)27-9-3-8-23-27/h3,6-10,17-18H,1-2,4-5,12-13H2,(H,24,25). The van der Waals surface area contributed by atoms with Crippen LogP contribution in [0, 0.1) is 11.3 Å². The maximum Gasteiger partial charge on any atom is 0.267 e. The first kappa shape index (κ1) is 18.5. The molecule has 152 valence electrons. The smallest absolute Gasteiger partial charge is 0.267 e. The van der Waals surface area contributed by atoms with Crippen molar-refractivity contribution in [2.24, 2.45) is 0 Å². The summed E-state index contributed by atoms with van der Waals surface area (Å²) in [6.45, 7) is 0.744. The first-order chi connectivity index (χ1) is 14.7. The van der Waals surface area contributed by atoms with Crippen LogP contribution < -0.4 is 10.9 Å². The summed E-state index contributed by atoms with van der Waals surface area (Å²) in [6.07, 6.45) is 7.56. The number of aromatic nitrogens is 5. The highest BCUT2D eigenvalue weighted by atomic mass is 16.5. The van der Waals surface area contributed by atoms with Crippen molar-refractivity contribution in [3.63, 3.8) is 0 Å². The van der Waals surface area contributed by atoms with E-state index in [0.717, 1.165) is 36.9 Å². The van der Waals surface area contributed by atoms with Gasteiger partial charge in [-0.2, -0.15) is 10.4 Å². The molecule has 0 bridgehead atoms. The number of nitrogens with one attached hydrogen (secondary N) is 1. The Morgan fingerprint density at radius 1 is 1.23 bits per heavy atom. The van der Waals surface area contributed by atoms with E-state index >= 15 is 0 Å². The number of pyridine rings is 1. The van der Waals surface area contributed by atoms with E-state index < -0.39 is 0 Å². The maximum absolute atomic E-state index is 12.6. The van der Waals surface area contributed by atoms with Crippen molar-refractivity contribution < 1.29 is 4.74 Å². The second kappa shape index (κ2) is 7.72. The summed E-state index contributed by atoms with van der Waals surface area (Å²) in [5.41, 5.74) is 2.51. The van der Waals surface area contributed by atoms with Gasteiger partial charge in [0.15, 0.2) is 5.82 Å². The molecule has 1 saturated heterocycles. The third kappa shape index (κ3) is 3.35. The minimum atomic E-state index is -0.322. The summed E-state index contributed by atoms with van der Waals surface area (Å²) in [4.78, 5) is 17.3. The van der Waals surface area contributed by atoms with Gasteiger partial charge in [0.2, 0.25) is 0 Å². The molecule has 2 aliphatic rings. The molecule has 1 fully saturated rings. The number of ether oxygens (including phenoxy) is 1. The fraction of sp³-hybridized carbons (Fsp3) is 0.381. The second-order valence-electron chi connectivity index (χ2n) is 7.59. The fourth-order valence-corrected chi connectivity index (χ4v) is 4.11. The van der Waals surface area contributed by atoms with Crippen LogP contribution in [0.2, 0.25) is 0 Å². The average Bonchev–Trinajstić information content (AvgIpc) is 3.46. The summed E-state index contributed by atoms with van der Waals surface area (Å²) in [7, 11) is 0. The summed E-state index contributed by atoms with van der Waals surface area (Å²) in [5, 5.41) is 21.7. The highest BCUT2D eigenvalue weighted by molar-refractivity contribution is 5.55. The fourth-order valence-electron chi connectivity index (χ4n) is 4.11. The first-order valence-corrected chi connectivity index (χ1v) is 10.1. The highest BCUT2D eigenvalue weighted by Gasteiger charge is 2.32. The number of nitriles is 1. The average molecular weight is 403 g/mol. The number of fused-ring (bicyclic) bond motifs is 1. The van der Waals surface area contributed by atoms with Gasteiger partial charge in [0, 0.05) is 24.2 Å². The van der Waals surface area contributed by atoms with E-state index in [2.05, 4.69) is 21.6 Å². The van der Waals surface area contributed by atoms with E-state index in [9.17, 15) is 10.1 Å². The second-order valence-corrected chi connectivity index (χ2v) is 7.59. The molecule has 0 saturated carbocycles. The molecule has 9 nitrogen and oxygen atoms in total. The summed E-state index contributed by atoms with van der Waals surface area (Å²) >= 11 is 0. The minimum Gasteiger partial charge on any atom is -0.377 e. The summed E-state index contributed by atoms with van der Waals surface area (Å²) in [6, 6.07) is 8.56. The maximum atomic E-state index is 12.6. The lowest BCUT2D eigenvalue weighted by Crippen LogP contribution is -2.38. The van der Waals surface area contributed by atoms with Crippen molar-refractivity contribution in [1.82, 2.24) is 24.5 Å². The van der Waals surface area contributed by atoms with Gasteiger partial charge in [-0.3, -0.25) is 4.79 Å². The lowest BCUT2D eigenvalue weighted by Gasteiger charge is -2.23. The molecule has 0 aromatic carbocycles. The van der Waals surface area contributed by atoms with Crippen LogP contribution in [0.3, 0.4) is 0 Å². The van der Waals surface area contributed by atoms with Crippen molar-refractivity contribution in [3.8, 4) is 11.9 Å². The zero-order valence-electron chi connectivity index (χ0n) is 16.4. The third-order valence-electron chi connectivity index (χ3n) is 5.66. The predicted octanol–water partition coefficient (Wildman–Crippen LogP) is 1.63. The molecule has 4 heterocycles. The van der Waals surface area contributed by atoms with Crippen LogP contribution in [0.4, 0.5) is 5.82 Å². The molecule has 2 atom stereocenters. The van der Waals surface area contributed by atoms with Crippen LogP contribution in [-0.2, 0) is 17.6 Å². The molecular weight excluding hydrogens is 382 g/mol. The zero-order chi connectivity index (χ0) is 20.5. The molecule has 3 aromatic rings. The quantitative estimate of drug-likeness (QED) is 0.705. The predicted molar refractivity (Wildman–Crippen MR) is 108 cm³/mol. The van der Waals surface area contributed by atoms with Gasteiger partial charge in [0.05, 0.1) is 24.8 Å². The Labute approximate surface area is 172 Å². The molecular formula is C21H21N7O2. The van der Waals surface area contributed by atoms with Gasteiger partial charge < -0.3 is 10.1 Å². The largest absolute Gasteiger partial charge is 0.377 e. The van der Waals surface area contributed by atoms with Crippen molar-refractivity contribution in [2.75, 3.05) is 18.5 Å². The molecule has 1 aliphatic carbocycles. The van der Waals surface area contributed by atoms with E-state index in [0.29, 0.717) is 30.4 Å². The number of hydrogen-bond acceptors (Lipinski definition) is 7. The Morgan fingerprint density at radius 3 is 2.97 bits per heavy atom. The van der Waals surface area contributed by atoms with Gasteiger partial charge in [0.1, 0.15) is 17.9 Å². The Hall–Kier alpha value is -3.51. The van der Waals surface area contributed by atoms with Crippen molar-refractivity contribution in [3.05, 3.63) is 63.8 Å². The van der Waals surface area contributed by atoms with Gasteiger partial charge >= 0.3 is 0 Å². The molecule has 9 heteroatoms. The molecule has 3 aromatic heterocycles. The molecule has 1 N–H and O–H groups in total. The molecule has 2 unspecified atom stereocenters. The molecule has 30 heavy (non-hydrogen) atoms. The van der Waals surface area contributed by atoms with Crippen LogP contribution in [0.15, 0.2) is 41.5 Å². The van der Waals surface area contributed by atoms with Gasteiger partial charge in [-0.05, 0) is 49.4 Å². The lowest BCUT2D eigenvalue weighted by molar-refractivity contribution is 0.182. The van der Waals surface area contributed by atoms with Crippen LogP contribution in [0.1, 0.15) is 35.7 Å². The molecule has 0 radical (unpaired) electrons. The van der Waals surface area contributed by atoms with Crippen LogP contribution in [0.25, 0.3) is 5.82 Å². The molecule has 5 rings (SSSR count). The number of aryl methyl sites for hydroxylation is 2. The minimum absolute atomic E-state index is 0.216. The van der Waals surface area contributed by atoms with Crippen molar-refractivity contribution in [2.45, 2.75) is 37.8 Å². The number of hydrogen-bond donors (Lipinski definition) is 1. The summed E-state index contributed by atoms with van der Waals surface area (Å²) in [5.74, 6) is 1.10. The Morgan fingerprint density at radius 2 is 2.13 bits per heavy atom. The van der Waals surface area contributed by atoms with E-state index in [1.54, 1.807) is 29.2 Å². The SMILES string of the molecule is N#Cc1cc2c(nc1NC1COCC1n1nc(-n3cccn3)ccc1=O)CCCC2. The number of anilines is 1. The zero-order valence-corrected chi connectivity index (χ0v) is 16.4. The summed E-state index contributed by atoms with van der Waals surface area (Å²) < 4.78 is 8.71. The Balaban J connectivity index is 1.46. The number of nitrogens with zero attached hydrogens (tertiary/aromatic N) is 6. The monoisotopic (exact) mass is 403 g/mol. The Bertz CT molecular complexity index is 1160. The van der Waals surface area contributed by atoms with E-state index in [1.807, 2.05) is 6.07 Å². The van der Waals surface area contributed by atoms with Gasteiger partial charge in [-0.1, -0.05) is 0 Å². The van der Waals surface area contributed by atoms with E-state index in [4.69, 9.17) is 9.72 Å². The van der Waals surface area contributed by atoms with Gasteiger partial charge in [-0.15, -0.1) is 5.10 Å². The topological polar surface area (TPSA) is 111 Å². The third-order valence-corrected chi connectivity index (χ3v) is 5.66. The first-order valence-electron chi connectivity index (χ1n) is 10.1. The van der Waals surface area contributed by atoms with Crippen molar-refractivity contribution in [1.29, 1.82) is 5.26 Å². The van der Waals surface area contributed by atoms with E-state index in [-0.39, 0.29) is 17.6 Å². The molecule has 1 aliphatic heterocycles. The van der Waals surface area contributed by atoms with Crippen molar-refractivity contribution >= 4 is 5.82 Å².